The van der Waals surface area contributed by atoms with Gasteiger partial charge in [-0.15, -0.1) is 0 Å². The summed E-state index contributed by atoms with van der Waals surface area (Å²) in [6, 6.07) is 19.1. The first kappa shape index (κ1) is 21.9. The number of amides is 2. The minimum absolute atomic E-state index is 0.101. The van der Waals surface area contributed by atoms with E-state index in [0.717, 1.165) is 52.8 Å². The molecular weight excluding hydrogens is 424 g/mol. The summed E-state index contributed by atoms with van der Waals surface area (Å²) in [4.78, 5) is 32.5. The normalized spacial score (nSPS) is 17.9. The van der Waals surface area contributed by atoms with Crippen LogP contribution in [0.5, 0.6) is 0 Å². The Balaban J connectivity index is 1.28. The van der Waals surface area contributed by atoms with E-state index in [4.69, 9.17) is 0 Å². The zero-order valence-corrected chi connectivity index (χ0v) is 19.2. The van der Waals surface area contributed by atoms with E-state index in [1.54, 1.807) is 24.5 Å². The SMILES string of the molecule is CC1CCCCC1C(=O)Nc1ccc2[nH]c(-c3ccc(NC(=O)c4ccncc4)cc3)cc2c1. The summed E-state index contributed by atoms with van der Waals surface area (Å²) in [6.45, 7) is 2.18. The number of fused-ring (bicyclic) bond motifs is 1. The summed E-state index contributed by atoms with van der Waals surface area (Å²) in [6.07, 6.45) is 7.66. The summed E-state index contributed by atoms with van der Waals surface area (Å²) in [5, 5.41) is 7.07. The molecule has 4 aromatic rings. The molecule has 2 aromatic carbocycles. The fourth-order valence-corrected chi connectivity index (χ4v) is 4.75. The topological polar surface area (TPSA) is 86.9 Å². The zero-order chi connectivity index (χ0) is 23.5. The van der Waals surface area contributed by atoms with Crippen LogP contribution in [0.2, 0.25) is 0 Å². The lowest BCUT2D eigenvalue weighted by Gasteiger charge is -2.27. The fraction of sp³-hybridized carbons (Fsp3) is 0.250. The number of rotatable bonds is 5. The highest BCUT2D eigenvalue weighted by atomic mass is 16.2. The second kappa shape index (κ2) is 9.51. The predicted octanol–water partition coefficient (Wildman–Crippen LogP) is 6.25. The molecule has 2 atom stereocenters. The van der Waals surface area contributed by atoms with Gasteiger partial charge in [0.25, 0.3) is 5.91 Å². The van der Waals surface area contributed by atoms with E-state index in [9.17, 15) is 9.59 Å². The van der Waals surface area contributed by atoms with Crippen LogP contribution in [0.1, 0.15) is 43.0 Å². The maximum atomic E-state index is 12.8. The number of benzene rings is 2. The number of H-pyrrole nitrogens is 1. The van der Waals surface area contributed by atoms with Gasteiger partial charge < -0.3 is 15.6 Å². The zero-order valence-electron chi connectivity index (χ0n) is 19.2. The van der Waals surface area contributed by atoms with Gasteiger partial charge in [0, 0.05) is 51.8 Å². The van der Waals surface area contributed by atoms with Crippen molar-refractivity contribution in [3.8, 4) is 11.3 Å². The van der Waals surface area contributed by atoms with Crippen molar-refractivity contribution >= 4 is 34.1 Å². The predicted molar refractivity (Wildman–Crippen MR) is 136 cm³/mol. The van der Waals surface area contributed by atoms with E-state index in [1.165, 1.54) is 6.42 Å². The van der Waals surface area contributed by atoms with Gasteiger partial charge in [0.1, 0.15) is 0 Å². The molecule has 34 heavy (non-hydrogen) atoms. The Hall–Kier alpha value is -3.93. The monoisotopic (exact) mass is 452 g/mol. The van der Waals surface area contributed by atoms with Crippen molar-refractivity contribution in [2.75, 3.05) is 10.6 Å². The van der Waals surface area contributed by atoms with Gasteiger partial charge in [-0.3, -0.25) is 14.6 Å². The van der Waals surface area contributed by atoms with E-state index in [-0.39, 0.29) is 17.7 Å². The molecule has 0 radical (unpaired) electrons. The van der Waals surface area contributed by atoms with Crippen LogP contribution in [0, 0.1) is 11.8 Å². The smallest absolute Gasteiger partial charge is 0.255 e. The number of nitrogens with one attached hydrogen (secondary N) is 3. The van der Waals surface area contributed by atoms with Crippen LogP contribution < -0.4 is 10.6 Å². The second-order valence-electron chi connectivity index (χ2n) is 9.11. The number of pyridine rings is 1. The van der Waals surface area contributed by atoms with Crippen molar-refractivity contribution in [3.63, 3.8) is 0 Å². The van der Waals surface area contributed by atoms with Gasteiger partial charge in [-0.25, -0.2) is 0 Å². The van der Waals surface area contributed by atoms with Gasteiger partial charge in [0.2, 0.25) is 5.91 Å². The molecule has 6 nitrogen and oxygen atoms in total. The third-order valence-corrected chi connectivity index (χ3v) is 6.73. The quantitative estimate of drug-likeness (QED) is 0.335. The molecule has 2 unspecified atom stereocenters. The number of aromatic nitrogens is 2. The van der Waals surface area contributed by atoms with Crippen molar-refractivity contribution in [1.82, 2.24) is 9.97 Å². The standard InChI is InChI=1S/C28H28N4O2/c1-18-4-2-3-5-24(18)28(34)31-23-10-11-25-21(16-23)17-26(32-25)19-6-8-22(9-7-19)30-27(33)20-12-14-29-15-13-20/h6-18,24,32H,2-5H2,1H3,(H,30,33)(H,31,34). The highest BCUT2D eigenvalue weighted by Gasteiger charge is 2.27. The lowest BCUT2D eigenvalue weighted by molar-refractivity contribution is -0.122. The Morgan fingerprint density at radius 3 is 2.38 bits per heavy atom. The molecule has 0 bridgehead atoms. The van der Waals surface area contributed by atoms with Gasteiger partial charge in [0.15, 0.2) is 0 Å². The molecule has 0 saturated heterocycles. The lowest BCUT2D eigenvalue weighted by Crippen LogP contribution is -2.30. The molecule has 0 aliphatic heterocycles. The van der Waals surface area contributed by atoms with Crippen molar-refractivity contribution in [2.24, 2.45) is 11.8 Å². The molecule has 2 heterocycles. The molecule has 0 spiro atoms. The van der Waals surface area contributed by atoms with Crippen molar-refractivity contribution in [1.29, 1.82) is 0 Å². The van der Waals surface area contributed by atoms with Crippen LogP contribution in [0.3, 0.4) is 0 Å². The highest BCUT2D eigenvalue weighted by molar-refractivity contribution is 6.04. The molecule has 2 amide bonds. The van der Waals surface area contributed by atoms with E-state index < -0.39 is 0 Å². The lowest BCUT2D eigenvalue weighted by atomic mass is 9.80. The van der Waals surface area contributed by atoms with E-state index in [2.05, 4.69) is 33.6 Å². The molecule has 1 fully saturated rings. The summed E-state index contributed by atoms with van der Waals surface area (Å²) < 4.78 is 0. The first-order chi connectivity index (χ1) is 16.6. The van der Waals surface area contributed by atoms with E-state index >= 15 is 0 Å². The van der Waals surface area contributed by atoms with Gasteiger partial charge in [0.05, 0.1) is 0 Å². The first-order valence-corrected chi connectivity index (χ1v) is 11.8. The van der Waals surface area contributed by atoms with Gasteiger partial charge in [-0.05, 0) is 72.9 Å². The van der Waals surface area contributed by atoms with Crippen LogP contribution in [0.25, 0.3) is 22.2 Å². The maximum Gasteiger partial charge on any atom is 0.255 e. The summed E-state index contributed by atoms with van der Waals surface area (Å²) in [7, 11) is 0. The Morgan fingerprint density at radius 1 is 0.882 bits per heavy atom. The van der Waals surface area contributed by atoms with E-state index in [0.29, 0.717) is 11.5 Å². The average Bonchev–Trinajstić information content (AvgIpc) is 3.29. The summed E-state index contributed by atoms with van der Waals surface area (Å²) in [5.74, 6) is 0.502. The summed E-state index contributed by atoms with van der Waals surface area (Å²) in [5.41, 5.74) is 5.12. The minimum atomic E-state index is -0.169. The highest BCUT2D eigenvalue weighted by Crippen LogP contribution is 2.31. The Bertz CT molecular complexity index is 1310. The molecule has 6 heteroatoms. The first-order valence-electron chi connectivity index (χ1n) is 11.8. The second-order valence-corrected chi connectivity index (χ2v) is 9.11. The molecule has 1 aliphatic rings. The number of nitrogens with zero attached hydrogens (tertiary/aromatic N) is 1. The van der Waals surface area contributed by atoms with E-state index in [1.807, 2.05) is 42.5 Å². The average molecular weight is 453 g/mol. The number of hydrogen-bond acceptors (Lipinski definition) is 3. The fourth-order valence-electron chi connectivity index (χ4n) is 4.75. The molecule has 5 rings (SSSR count). The summed E-state index contributed by atoms with van der Waals surface area (Å²) >= 11 is 0. The molecule has 1 saturated carbocycles. The van der Waals surface area contributed by atoms with Crippen LogP contribution in [0.15, 0.2) is 73.1 Å². The van der Waals surface area contributed by atoms with Gasteiger partial charge >= 0.3 is 0 Å². The van der Waals surface area contributed by atoms with Gasteiger partial charge in [-0.1, -0.05) is 31.9 Å². The molecular formula is C28H28N4O2. The Labute approximate surface area is 198 Å². The molecule has 172 valence electrons. The number of carbonyl (C=O) groups excluding carboxylic acids is 2. The van der Waals surface area contributed by atoms with Crippen LogP contribution >= 0.6 is 0 Å². The number of hydrogen-bond donors (Lipinski definition) is 3. The third kappa shape index (κ3) is 4.71. The number of carbonyl (C=O) groups is 2. The van der Waals surface area contributed by atoms with Crippen LogP contribution in [-0.2, 0) is 4.79 Å². The molecule has 2 aromatic heterocycles. The molecule has 1 aliphatic carbocycles. The Morgan fingerprint density at radius 2 is 1.62 bits per heavy atom. The minimum Gasteiger partial charge on any atom is -0.355 e. The van der Waals surface area contributed by atoms with Crippen LogP contribution in [0.4, 0.5) is 11.4 Å². The maximum absolute atomic E-state index is 12.8. The largest absolute Gasteiger partial charge is 0.355 e. The van der Waals surface area contributed by atoms with Crippen molar-refractivity contribution in [3.05, 3.63) is 78.6 Å². The van der Waals surface area contributed by atoms with Crippen LogP contribution in [-0.4, -0.2) is 21.8 Å². The van der Waals surface area contributed by atoms with Crippen molar-refractivity contribution < 1.29 is 9.59 Å². The number of anilines is 2. The third-order valence-electron chi connectivity index (χ3n) is 6.73. The van der Waals surface area contributed by atoms with Crippen molar-refractivity contribution in [2.45, 2.75) is 32.6 Å². The van der Waals surface area contributed by atoms with Gasteiger partial charge in [-0.2, -0.15) is 0 Å². The number of aromatic amines is 1. The Kier molecular flexibility index (Phi) is 6.12. The molecule has 3 N–H and O–H groups in total.